The van der Waals surface area contributed by atoms with Gasteiger partial charge in [0, 0.05) is 11.1 Å². The monoisotopic (exact) mass is 455 g/mol. The molecule has 0 bridgehead atoms. The normalized spacial score (nSPS) is 13.7. The van der Waals surface area contributed by atoms with Crippen molar-refractivity contribution in [1.82, 2.24) is 0 Å². The lowest BCUT2D eigenvalue weighted by Gasteiger charge is -2.51. The van der Waals surface area contributed by atoms with Gasteiger partial charge >= 0.3 is 0 Å². The molecule has 2 rings (SSSR count). The van der Waals surface area contributed by atoms with Crippen molar-refractivity contribution >= 4 is 43.0 Å². The van der Waals surface area contributed by atoms with E-state index in [0.29, 0.717) is 33.2 Å². The molecule has 0 radical (unpaired) electrons. The van der Waals surface area contributed by atoms with Gasteiger partial charge in [0.15, 0.2) is 0 Å². The minimum Gasteiger partial charge on any atom is -0.398 e. The van der Waals surface area contributed by atoms with Crippen LogP contribution in [0.4, 0.5) is 5.69 Å². The van der Waals surface area contributed by atoms with E-state index in [1.165, 1.54) is 10.8 Å². The van der Waals surface area contributed by atoms with Gasteiger partial charge in [-0.25, -0.2) is 0 Å². The Morgan fingerprint density at radius 3 is 1.35 bits per heavy atom. The quantitative estimate of drug-likeness (QED) is 0.315. The molecule has 0 fully saturated rings. The van der Waals surface area contributed by atoms with Gasteiger partial charge in [0.2, 0.25) is 0 Å². The Kier molecular flexibility index (Phi) is 7.97. The first-order chi connectivity index (χ1) is 14.3. The average molecular weight is 456 g/mol. The highest BCUT2D eigenvalue weighted by atomic mass is 28.3. The second-order valence-corrected chi connectivity index (χ2v) is 23.4. The number of nitrogens with two attached hydrogens (primary N) is 1. The number of nitrogen functional groups attached to an aromatic ring is 1. The maximum Gasteiger partial charge on any atom is 0.0968 e. The van der Waals surface area contributed by atoms with Crippen LogP contribution in [0.25, 0.3) is 10.8 Å². The summed E-state index contributed by atoms with van der Waals surface area (Å²) in [5.41, 5.74) is 12.3. The topological polar surface area (TPSA) is 26.0 Å². The first kappa shape index (κ1) is 26.2. The molecule has 0 aliphatic carbocycles. The minimum absolute atomic E-state index is 0.646. The van der Waals surface area contributed by atoms with Crippen molar-refractivity contribution in [2.24, 2.45) is 0 Å². The summed E-state index contributed by atoms with van der Waals surface area (Å²) in [6.07, 6.45) is 0. The number of fused-ring (bicyclic) bond motifs is 1. The van der Waals surface area contributed by atoms with E-state index >= 15 is 0 Å². The van der Waals surface area contributed by atoms with Crippen LogP contribution in [-0.2, 0) is 0 Å². The summed E-state index contributed by atoms with van der Waals surface area (Å²) in [6.45, 7) is 29.8. The fourth-order valence-electron chi connectivity index (χ4n) is 7.98. The fourth-order valence-corrected chi connectivity index (χ4v) is 23.0. The minimum atomic E-state index is -1.95. The maximum absolute atomic E-state index is 7.27. The van der Waals surface area contributed by atoms with E-state index in [9.17, 15) is 0 Å². The van der Waals surface area contributed by atoms with Crippen LogP contribution >= 0.6 is 0 Å². The smallest absolute Gasteiger partial charge is 0.0968 e. The zero-order valence-corrected chi connectivity index (χ0v) is 24.4. The van der Waals surface area contributed by atoms with Crippen molar-refractivity contribution in [2.45, 2.75) is 116 Å². The van der Waals surface area contributed by atoms with Gasteiger partial charge < -0.3 is 5.73 Å². The van der Waals surface area contributed by atoms with Gasteiger partial charge in [0.1, 0.15) is 0 Å². The zero-order chi connectivity index (χ0) is 23.9. The van der Waals surface area contributed by atoms with Crippen molar-refractivity contribution in [3.05, 3.63) is 30.3 Å². The van der Waals surface area contributed by atoms with Gasteiger partial charge in [-0.05, 0) is 43.8 Å². The summed E-state index contributed by atoms with van der Waals surface area (Å²) in [4.78, 5) is 0. The molecule has 0 amide bonds. The number of rotatable bonds is 8. The van der Waals surface area contributed by atoms with Crippen LogP contribution in [0.2, 0.25) is 33.2 Å². The fraction of sp³-hybridized carbons (Fsp3) is 0.643. The predicted molar refractivity (Wildman–Crippen MR) is 150 cm³/mol. The molecule has 0 atom stereocenters. The molecule has 31 heavy (non-hydrogen) atoms. The van der Waals surface area contributed by atoms with Crippen molar-refractivity contribution in [3.63, 3.8) is 0 Å². The molecule has 0 heterocycles. The van der Waals surface area contributed by atoms with E-state index in [1.807, 2.05) is 0 Å². The molecule has 0 aliphatic rings. The molecule has 1 nitrogen and oxygen atoms in total. The second-order valence-electron chi connectivity index (χ2n) is 11.7. The third-order valence-electron chi connectivity index (χ3n) is 8.72. The number of anilines is 1. The summed E-state index contributed by atoms with van der Waals surface area (Å²) >= 11 is 0. The highest BCUT2D eigenvalue weighted by Gasteiger charge is 2.53. The van der Waals surface area contributed by atoms with Crippen LogP contribution < -0.4 is 16.1 Å². The molecular formula is C28H49NSi2. The molecule has 0 spiro atoms. The summed E-state index contributed by atoms with van der Waals surface area (Å²) in [5, 5.41) is 5.93. The molecule has 2 N–H and O–H groups in total. The molecule has 0 aromatic heterocycles. The summed E-state index contributed by atoms with van der Waals surface area (Å²) in [6, 6.07) is 11.5. The predicted octanol–water partition coefficient (Wildman–Crippen LogP) is 8.19. The molecule has 0 aliphatic heterocycles. The SMILES string of the molecule is CC(C)[Si](c1cc2ccccc2c(N)c1[Si](C(C)C)(C(C)C)C(C)C)(C(C)C)C(C)C. The Morgan fingerprint density at radius 2 is 0.968 bits per heavy atom. The van der Waals surface area contributed by atoms with Gasteiger partial charge in [0.05, 0.1) is 16.1 Å². The first-order valence-electron chi connectivity index (χ1n) is 12.6. The Bertz CT molecular complexity index is 850. The van der Waals surface area contributed by atoms with Crippen molar-refractivity contribution in [1.29, 1.82) is 0 Å². The number of hydrogen-bond acceptors (Lipinski definition) is 1. The molecule has 2 aromatic carbocycles. The first-order valence-corrected chi connectivity index (χ1v) is 17.1. The molecule has 0 unspecified atom stereocenters. The van der Waals surface area contributed by atoms with Gasteiger partial charge in [-0.15, -0.1) is 0 Å². The summed E-state index contributed by atoms with van der Waals surface area (Å²) < 4.78 is 0. The number of benzene rings is 2. The van der Waals surface area contributed by atoms with Crippen molar-refractivity contribution < 1.29 is 0 Å². The van der Waals surface area contributed by atoms with Crippen LogP contribution in [0.15, 0.2) is 30.3 Å². The largest absolute Gasteiger partial charge is 0.398 e. The van der Waals surface area contributed by atoms with Crippen molar-refractivity contribution in [2.75, 3.05) is 5.73 Å². The number of hydrogen-bond donors (Lipinski definition) is 1. The molecule has 0 saturated heterocycles. The standard InChI is InChI=1S/C28H49NSi2/c1-18(2)30(19(3)4,20(5)6)26-17-24-15-13-14-16-25(24)27(29)28(26)31(21(7)8,22(9)10)23(11)12/h13-23H,29H2,1-12H3. The summed E-state index contributed by atoms with van der Waals surface area (Å²) in [5.74, 6) is 0. The van der Waals surface area contributed by atoms with Crippen LogP contribution in [0.1, 0.15) is 83.1 Å². The van der Waals surface area contributed by atoms with E-state index in [-0.39, 0.29) is 0 Å². The molecule has 2 aromatic rings. The maximum atomic E-state index is 7.27. The Balaban J connectivity index is 3.26. The van der Waals surface area contributed by atoms with E-state index in [4.69, 9.17) is 5.73 Å². The lowest BCUT2D eigenvalue weighted by atomic mass is 10.1. The van der Waals surface area contributed by atoms with E-state index < -0.39 is 16.1 Å². The van der Waals surface area contributed by atoms with Crippen LogP contribution in [-0.4, -0.2) is 16.1 Å². The van der Waals surface area contributed by atoms with Crippen molar-refractivity contribution in [3.8, 4) is 0 Å². The molecule has 0 saturated carbocycles. The van der Waals surface area contributed by atoms with E-state index in [0.717, 1.165) is 5.69 Å². The lowest BCUT2D eigenvalue weighted by Crippen LogP contribution is -2.69. The molecule has 174 valence electrons. The van der Waals surface area contributed by atoms with E-state index in [1.54, 1.807) is 10.4 Å². The highest BCUT2D eigenvalue weighted by Crippen LogP contribution is 2.46. The summed E-state index contributed by atoms with van der Waals surface area (Å²) in [7, 11) is -3.84. The third kappa shape index (κ3) is 3.84. The van der Waals surface area contributed by atoms with Gasteiger partial charge in [-0.1, -0.05) is 119 Å². The zero-order valence-electron chi connectivity index (χ0n) is 22.4. The van der Waals surface area contributed by atoms with Gasteiger partial charge in [-0.3, -0.25) is 0 Å². The Morgan fingerprint density at radius 1 is 0.581 bits per heavy atom. The Hall–Kier alpha value is -1.07. The van der Waals surface area contributed by atoms with E-state index in [2.05, 4.69) is 113 Å². The lowest BCUT2D eigenvalue weighted by molar-refractivity contribution is 0.828. The van der Waals surface area contributed by atoms with Crippen LogP contribution in [0, 0.1) is 0 Å². The Labute approximate surface area is 195 Å². The third-order valence-corrected chi connectivity index (χ3v) is 23.2. The van der Waals surface area contributed by atoms with Gasteiger partial charge in [0.25, 0.3) is 0 Å². The van der Waals surface area contributed by atoms with Gasteiger partial charge in [-0.2, -0.15) is 0 Å². The molecule has 3 heteroatoms. The second kappa shape index (κ2) is 9.43. The molecular weight excluding hydrogens is 406 g/mol. The highest BCUT2D eigenvalue weighted by molar-refractivity contribution is 7.05. The van der Waals surface area contributed by atoms with Crippen LogP contribution in [0.3, 0.4) is 0 Å². The van der Waals surface area contributed by atoms with Crippen LogP contribution in [0.5, 0.6) is 0 Å². The average Bonchev–Trinajstić information content (AvgIpc) is 2.63.